The quantitative estimate of drug-likeness (QED) is 0.621. The lowest BCUT2D eigenvalue weighted by atomic mass is 10.1. The lowest BCUT2D eigenvalue weighted by molar-refractivity contribution is -0.137. The van der Waals surface area contributed by atoms with Crippen molar-refractivity contribution in [1.29, 1.82) is 0 Å². The molecule has 0 unspecified atom stereocenters. The molecule has 0 atom stereocenters. The van der Waals surface area contributed by atoms with Gasteiger partial charge in [0.15, 0.2) is 5.82 Å². The van der Waals surface area contributed by atoms with Crippen molar-refractivity contribution in [2.45, 2.75) is 13.1 Å². The van der Waals surface area contributed by atoms with Crippen molar-refractivity contribution in [3.8, 4) is 11.3 Å². The van der Waals surface area contributed by atoms with E-state index in [-0.39, 0.29) is 22.6 Å². The van der Waals surface area contributed by atoms with Gasteiger partial charge in [-0.15, -0.1) is 0 Å². The smallest absolute Gasteiger partial charge is 0.378 e. The third-order valence-electron chi connectivity index (χ3n) is 5.15. The van der Waals surface area contributed by atoms with Crippen molar-refractivity contribution < 1.29 is 22.7 Å². The van der Waals surface area contributed by atoms with Gasteiger partial charge in [-0.2, -0.15) is 13.2 Å². The van der Waals surface area contributed by atoms with Gasteiger partial charge in [-0.1, -0.05) is 6.07 Å². The summed E-state index contributed by atoms with van der Waals surface area (Å²) in [6, 6.07) is 5.77. The number of pyridine rings is 1. The number of aromatic nitrogens is 3. The summed E-state index contributed by atoms with van der Waals surface area (Å²) in [4.78, 5) is 38.1. The SMILES string of the molecule is Cc1ncc(NC(=O)c2cccc(C(F)(F)F)c2)cc1-c1c[nH]c(=O)c(N2CCOCC2)n1. The molecular weight excluding hydrogens is 439 g/mol. The molecule has 1 aromatic carbocycles. The van der Waals surface area contributed by atoms with Crippen LogP contribution in [-0.2, 0) is 10.9 Å². The van der Waals surface area contributed by atoms with Crippen LogP contribution in [0.3, 0.4) is 0 Å². The maximum atomic E-state index is 13.0. The number of hydrogen-bond donors (Lipinski definition) is 2. The Morgan fingerprint density at radius 2 is 1.97 bits per heavy atom. The summed E-state index contributed by atoms with van der Waals surface area (Å²) in [5.41, 5.74) is 0.493. The van der Waals surface area contributed by atoms with E-state index >= 15 is 0 Å². The van der Waals surface area contributed by atoms with Crippen LogP contribution in [0.5, 0.6) is 0 Å². The van der Waals surface area contributed by atoms with Gasteiger partial charge in [0, 0.05) is 36.1 Å². The summed E-state index contributed by atoms with van der Waals surface area (Å²) in [5, 5.41) is 2.57. The van der Waals surface area contributed by atoms with E-state index in [4.69, 9.17) is 4.74 Å². The predicted molar refractivity (Wildman–Crippen MR) is 115 cm³/mol. The molecule has 4 rings (SSSR count). The molecule has 0 radical (unpaired) electrons. The van der Waals surface area contributed by atoms with Crippen LogP contribution in [0.4, 0.5) is 24.7 Å². The largest absolute Gasteiger partial charge is 0.416 e. The number of amides is 1. The average molecular weight is 459 g/mol. The van der Waals surface area contributed by atoms with E-state index in [2.05, 4.69) is 20.3 Å². The minimum absolute atomic E-state index is 0.135. The molecule has 172 valence electrons. The summed E-state index contributed by atoms with van der Waals surface area (Å²) < 4.78 is 44.2. The number of H-pyrrole nitrogens is 1. The minimum atomic E-state index is -4.55. The number of anilines is 2. The maximum Gasteiger partial charge on any atom is 0.416 e. The molecule has 33 heavy (non-hydrogen) atoms. The van der Waals surface area contributed by atoms with Gasteiger partial charge in [0.25, 0.3) is 11.5 Å². The van der Waals surface area contributed by atoms with Crippen molar-refractivity contribution in [3.05, 3.63) is 69.9 Å². The van der Waals surface area contributed by atoms with Gasteiger partial charge < -0.3 is 19.9 Å². The van der Waals surface area contributed by atoms with E-state index in [0.29, 0.717) is 43.3 Å². The Kier molecular flexibility index (Phi) is 6.14. The summed E-state index contributed by atoms with van der Waals surface area (Å²) in [6.45, 7) is 3.79. The van der Waals surface area contributed by atoms with Crippen molar-refractivity contribution in [3.63, 3.8) is 0 Å². The van der Waals surface area contributed by atoms with Crippen LogP contribution in [-0.4, -0.2) is 47.2 Å². The van der Waals surface area contributed by atoms with Gasteiger partial charge in [0.05, 0.1) is 36.4 Å². The highest BCUT2D eigenvalue weighted by atomic mass is 19.4. The van der Waals surface area contributed by atoms with Gasteiger partial charge in [0.2, 0.25) is 0 Å². The molecule has 0 saturated carbocycles. The van der Waals surface area contributed by atoms with E-state index in [1.807, 2.05) is 4.90 Å². The number of aryl methyl sites for hydroxylation is 1. The second kappa shape index (κ2) is 9.02. The molecule has 8 nitrogen and oxygen atoms in total. The number of ether oxygens (including phenoxy) is 1. The van der Waals surface area contributed by atoms with Crippen molar-refractivity contribution in [1.82, 2.24) is 15.0 Å². The first-order valence-corrected chi connectivity index (χ1v) is 10.1. The van der Waals surface area contributed by atoms with Crippen LogP contribution in [0.15, 0.2) is 47.5 Å². The molecule has 0 spiro atoms. The number of aromatic amines is 1. The van der Waals surface area contributed by atoms with Crippen molar-refractivity contribution in [2.75, 3.05) is 36.5 Å². The topological polar surface area (TPSA) is 100 Å². The fourth-order valence-electron chi connectivity index (χ4n) is 3.42. The zero-order valence-electron chi connectivity index (χ0n) is 17.6. The van der Waals surface area contributed by atoms with E-state index in [0.717, 1.165) is 12.1 Å². The van der Waals surface area contributed by atoms with Crippen molar-refractivity contribution in [2.24, 2.45) is 0 Å². The van der Waals surface area contributed by atoms with Crippen LogP contribution in [0.1, 0.15) is 21.6 Å². The summed E-state index contributed by atoms with van der Waals surface area (Å²) >= 11 is 0. The summed E-state index contributed by atoms with van der Waals surface area (Å²) in [5.74, 6) is -0.449. The van der Waals surface area contributed by atoms with Gasteiger partial charge in [-0.05, 0) is 31.2 Å². The van der Waals surface area contributed by atoms with E-state index in [1.165, 1.54) is 24.5 Å². The predicted octanol–water partition coefficient (Wildman–Crippen LogP) is 3.25. The second-order valence-electron chi connectivity index (χ2n) is 7.43. The Labute approximate surface area is 186 Å². The molecule has 0 bridgehead atoms. The normalized spacial score (nSPS) is 14.2. The summed E-state index contributed by atoms with van der Waals surface area (Å²) in [6.07, 6.45) is -1.70. The fourth-order valence-corrected chi connectivity index (χ4v) is 3.42. The van der Waals surface area contributed by atoms with Crippen LogP contribution < -0.4 is 15.8 Å². The number of halogens is 3. The standard InChI is InChI=1S/C22H20F3N5O3/c1-13-17(18-12-27-21(32)19(29-18)30-5-7-33-8-6-30)10-16(11-26-13)28-20(31)14-3-2-4-15(9-14)22(23,24)25/h2-4,9-12H,5-8H2,1H3,(H,27,32)(H,28,31). The molecule has 3 aromatic rings. The summed E-state index contributed by atoms with van der Waals surface area (Å²) in [7, 11) is 0. The zero-order chi connectivity index (χ0) is 23.6. The number of nitrogens with one attached hydrogen (secondary N) is 2. The minimum Gasteiger partial charge on any atom is -0.378 e. The van der Waals surface area contributed by atoms with Crippen LogP contribution in [0.25, 0.3) is 11.3 Å². The molecule has 1 aliphatic rings. The Hall–Kier alpha value is -3.73. The number of morpholine rings is 1. The Morgan fingerprint density at radius 3 is 2.70 bits per heavy atom. The van der Waals surface area contributed by atoms with Gasteiger partial charge in [-0.3, -0.25) is 14.6 Å². The van der Waals surface area contributed by atoms with Crippen LogP contribution in [0.2, 0.25) is 0 Å². The lowest BCUT2D eigenvalue weighted by Gasteiger charge is -2.27. The number of hydrogen-bond acceptors (Lipinski definition) is 6. The first-order chi connectivity index (χ1) is 15.7. The Balaban J connectivity index is 1.61. The third-order valence-corrected chi connectivity index (χ3v) is 5.15. The van der Waals surface area contributed by atoms with E-state index < -0.39 is 17.6 Å². The Morgan fingerprint density at radius 1 is 1.21 bits per heavy atom. The highest BCUT2D eigenvalue weighted by Gasteiger charge is 2.31. The molecule has 2 aromatic heterocycles. The number of benzene rings is 1. The number of carbonyl (C=O) groups excluding carboxylic acids is 1. The number of alkyl halides is 3. The molecule has 1 fully saturated rings. The molecule has 1 amide bonds. The fraction of sp³-hybridized carbons (Fsp3) is 0.273. The lowest BCUT2D eigenvalue weighted by Crippen LogP contribution is -2.40. The van der Waals surface area contributed by atoms with Crippen LogP contribution in [0, 0.1) is 6.92 Å². The molecule has 2 N–H and O–H groups in total. The Bertz CT molecular complexity index is 1240. The molecule has 1 aliphatic heterocycles. The van der Waals surface area contributed by atoms with E-state index in [9.17, 15) is 22.8 Å². The molecule has 1 saturated heterocycles. The molecular formula is C22H20F3N5O3. The first kappa shape index (κ1) is 22.5. The highest BCUT2D eigenvalue weighted by Crippen LogP contribution is 2.30. The molecule has 0 aliphatic carbocycles. The number of carbonyl (C=O) groups is 1. The number of nitrogens with zero attached hydrogens (tertiary/aromatic N) is 3. The molecule has 3 heterocycles. The maximum absolute atomic E-state index is 13.0. The highest BCUT2D eigenvalue weighted by molar-refractivity contribution is 6.04. The zero-order valence-corrected chi connectivity index (χ0v) is 17.6. The van der Waals surface area contributed by atoms with Gasteiger partial charge in [0.1, 0.15) is 0 Å². The average Bonchev–Trinajstić information content (AvgIpc) is 2.81. The molecule has 11 heteroatoms. The monoisotopic (exact) mass is 459 g/mol. The van der Waals surface area contributed by atoms with E-state index in [1.54, 1.807) is 13.0 Å². The van der Waals surface area contributed by atoms with Gasteiger partial charge >= 0.3 is 6.18 Å². The van der Waals surface area contributed by atoms with Crippen LogP contribution >= 0.6 is 0 Å². The van der Waals surface area contributed by atoms with Crippen molar-refractivity contribution >= 4 is 17.4 Å². The number of rotatable bonds is 4. The van der Waals surface area contributed by atoms with Gasteiger partial charge in [-0.25, -0.2) is 4.98 Å². The first-order valence-electron chi connectivity index (χ1n) is 10.1. The second-order valence-corrected chi connectivity index (χ2v) is 7.43. The third kappa shape index (κ3) is 5.03.